The molecule has 0 spiro atoms. The molecule has 2 N–H and O–H groups in total. The first-order chi connectivity index (χ1) is 8.88. The van der Waals surface area contributed by atoms with E-state index in [9.17, 15) is 13.2 Å². The normalized spacial score (nSPS) is 11.4. The molecule has 100 valence electrons. The van der Waals surface area contributed by atoms with Crippen LogP contribution in [0.4, 0.5) is 18.9 Å². The summed E-state index contributed by atoms with van der Waals surface area (Å²) in [7, 11) is 0. The average Bonchev–Trinajstić information content (AvgIpc) is 2.33. The van der Waals surface area contributed by atoms with E-state index in [1.54, 1.807) is 25.1 Å². The molecule has 0 saturated carbocycles. The monoisotopic (exact) mass is 268 g/mol. The molecule has 1 aromatic carbocycles. The summed E-state index contributed by atoms with van der Waals surface area (Å²) in [5.41, 5.74) is 5.78. The van der Waals surface area contributed by atoms with Gasteiger partial charge in [-0.15, -0.1) is 0 Å². The fraction of sp³-hybridized carbons (Fsp3) is 0.154. The van der Waals surface area contributed by atoms with Crippen molar-refractivity contribution in [2.24, 2.45) is 0 Å². The van der Waals surface area contributed by atoms with Crippen molar-refractivity contribution in [1.82, 2.24) is 4.98 Å². The van der Waals surface area contributed by atoms with E-state index >= 15 is 0 Å². The van der Waals surface area contributed by atoms with Crippen molar-refractivity contribution in [1.29, 1.82) is 0 Å². The lowest BCUT2D eigenvalue weighted by Crippen LogP contribution is -2.08. The van der Waals surface area contributed by atoms with E-state index in [4.69, 9.17) is 10.5 Å². The average molecular weight is 268 g/mol. The number of hydrogen-bond acceptors (Lipinski definition) is 3. The molecule has 2 rings (SSSR count). The van der Waals surface area contributed by atoms with Crippen molar-refractivity contribution in [2.75, 3.05) is 5.73 Å². The number of anilines is 1. The Kier molecular flexibility index (Phi) is 3.33. The summed E-state index contributed by atoms with van der Waals surface area (Å²) in [5, 5.41) is 0. The van der Waals surface area contributed by atoms with Crippen LogP contribution in [0.3, 0.4) is 0 Å². The molecule has 0 aliphatic heterocycles. The third kappa shape index (κ3) is 2.96. The molecule has 0 amide bonds. The van der Waals surface area contributed by atoms with Crippen LogP contribution in [0.15, 0.2) is 36.4 Å². The van der Waals surface area contributed by atoms with Gasteiger partial charge in [0.2, 0.25) is 5.88 Å². The molecular weight excluding hydrogens is 257 g/mol. The number of benzene rings is 1. The van der Waals surface area contributed by atoms with Crippen molar-refractivity contribution >= 4 is 5.69 Å². The number of ether oxygens (including phenoxy) is 1. The largest absolute Gasteiger partial charge is 0.437 e. The minimum atomic E-state index is -4.50. The molecule has 1 heterocycles. The number of rotatable bonds is 2. The van der Waals surface area contributed by atoms with Crippen LogP contribution >= 0.6 is 0 Å². The second-order valence-electron chi connectivity index (χ2n) is 3.95. The number of alkyl halides is 3. The second-order valence-corrected chi connectivity index (χ2v) is 3.95. The van der Waals surface area contributed by atoms with Crippen LogP contribution in [0.2, 0.25) is 0 Å². The van der Waals surface area contributed by atoms with Crippen molar-refractivity contribution < 1.29 is 17.9 Å². The Balaban J connectivity index is 2.34. The van der Waals surface area contributed by atoms with E-state index in [1.165, 1.54) is 12.1 Å². The van der Waals surface area contributed by atoms with Gasteiger partial charge in [0, 0.05) is 6.07 Å². The first kappa shape index (κ1) is 13.2. The zero-order valence-electron chi connectivity index (χ0n) is 10.0. The fourth-order valence-corrected chi connectivity index (χ4v) is 1.55. The Morgan fingerprint density at radius 3 is 2.42 bits per heavy atom. The number of nitrogen functional groups attached to an aromatic ring is 1. The molecule has 0 aliphatic carbocycles. The van der Waals surface area contributed by atoms with E-state index in [-0.39, 0.29) is 5.88 Å². The Hall–Kier alpha value is -2.24. The summed E-state index contributed by atoms with van der Waals surface area (Å²) >= 11 is 0. The summed E-state index contributed by atoms with van der Waals surface area (Å²) in [4.78, 5) is 3.42. The van der Waals surface area contributed by atoms with Crippen molar-refractivity contribution in [3.8, 4) is 11.6 Å². The Morgan fingerprint density at radius 2 is 1.79 bits per heavy atom. The van der Waals surface area contributed by atoms with E-state index < -0.39 is 11.9 Å². The molecule has 0 fully saturated rings. The SMILES string of the molecule is Cc1cccc(N)c1Oc1cccc(C(F)(F)F)n1. The van der Waals surface area contributed by atoms with Gasteiger partial charge in [-0.25, -0.2) is 4.98 Å². The van der Waals surface area contributed by atoms with Crippen LogP contribution in [0, 0.1) is 6.92 Å². The van der Waals surface area contributed by atoms with E-state index in [0.29, 0.717) is 11.4 Å². The number of para-hydroxylation sites is 1. The molecule has 0 bridgehead atoms. The Morgan fingerprint density at radius 1 is 1.11 bits per heavy atom. The van der Waals surface area contributed by atoms with E-state index in [1.807, 2.05) is 0 Å². The molecule has 2 aromatic rings. The molecule has 0 radical (unpaired) electrons. The van der Waals surface area contributed by atoms with Crippen LogP contribution in [-0.2, 0) is 6.18 Å². The van der Waals surface area contributed by atoms with E-state index in [2.05, 4.69) is 4.98 Å². The zero-order valence-corrected chi connectivity index (χ0v) is 10.0. The number of hydrogen-bond donors (Lipinski definition) is 1. The highest BCUT2D eigenvalue weighted by molar-refractivity contribution is 5.57. The molecule has 0 unspecified atom stereocenters. The molecule has 19 heavy (non-hydrogen) atoms. The van der Waals surface area contributed by atoms with Crippen LogP contribution in [0.25, 0.3) is 0 Å². The van der Waals surface area contributed by atoms with Crippen molar-refractivity contribution in [3.63, 3.8) is 0 Å². The van der Waals surface area contributed by atoms with Gasteiger partial charge in [0.25, 0.3) is 0 Å². The van der Waals surface area contributed by atoms with Gasteiger partial charge in [-0.2, -0.15) is 13.2 Å². The molecule has 0 aliphatic rings. The van der Waals surface area contributed by atoms with Crippen LogP contribution in [0.5, 0.6) is 11.6 Å². The van der Waals surface area contributed by atoms with Gasteiger partial charge in [-0.3, -0.25) is 0 Å². The maximum absolute atomic E-state index is 12.5. The molecular formula is C13H11F3N2O. The fourth-order valence-electron chi connectivity index (χ4n) is 1.55. The van der Waals surface area contributed by atoms with E-state index in [0.717, 1.165) is 11.6 Å². The molecule has 6 heteroatoms. The maximum atomic E-state index is 12.5. The Labute approximate surface area is 107 Å². The number of aromatic nitrogens is 1. The third-order valence-corrected chi connectivity index (χ3v) is 2.46. The van der Waals surface area contributed by atoms with Crippen molar-refractivity contribution in [3.05, 3.63) is 47.7 Å². The van der Waals surface area contributed by atoms with Crippen LogP contribution < -0.4 is 10.5 Å². The third-order valence-electron chi connectivity index (χ3n) is 2.46. The predicted octanol–water partition coefficient (Wildman–Crippen LogP) is 3.78. The summed E-state index contributed by atoms with van der Waals surface area (Å²) in [5.74, 6) is 0.171. The quantitative estimate of drug-likeness (QED) is 0.843. The molecule has 0 saturated heterocycles. The summed E-state index contributed by atoms with van der Waals surface area (Å²) < 4.78 is 42.9. The highest BCUT2D eigenvalue weighted by atomic mass is 19.4. The minimum Gasteiger partial charge on any atom is -0.437 e. The lowest BCUT2D eigenvalue weighted by molar-refractivity contribution is -0.141. The lowest BCUT2D eigenvalue weighted by Gasteiger charge is -2.12. The van der Waals surface area contributed by atoms with Gasteiger partial charge in [0.1, 0.15) is 5.69 Å². The highest BCUT2D eigenvalue weighted by Crippen LogP contribution is 2.32. The van der Waals surface area contributed by atoms with Crippen molar-refractivity contribution in [2.45, 2.75) is 13.1 Å². The molecule has 0 atom stereocenters. The lowest BCUT2D eigenvalue weighted by atomic mass is 10.2. The number of halogens is 3. The van der Waals surface area contributed by atoms with Gasteiger partial charge < -0.3 is 10.5 Å². The van der Waals surface area contributed by atoms with Gasteiger partial charge >= 0.3 is 6.18 Å². The Bertz CT molecular complexity index is 576. The maximum Gasteiger partial charge on any atom is 0.433 e. The van der Waals surface area contributed by atoms with Gasteiger partial charge in [-0.05, 0) is 24.6 Å². The van der Waals surface area contributed by atoms with Crippen LogP contribution in [0.1, 0.15) is 11.3 Å². The standard InChI is InChI=1S/C13H11F3N2O/c1-8-4-2-5-9(17)12(8)19-11-7-3-6-10(18-11)13(14,15)16/h2-7H,17H2,1H3. The number of pyridine rings is 1. The number of aryl methyl sites for hydroxylation is 1. The van der Waals surface area contributed by atoms with Crippen LogP contribution in [-0.4, -0.2) is 4.98 Å². The number of nitrogens with two attached hydrogens (primary N) is 1. The molecule has 3 nitrogen and oxygen atoms in total. The summed E-state index contributed by atoms with van der Waals surface area (Å²) in [6, 6.07) is 8.56. The molecule has 1 aromatic heterocycles. The summed E-state index contributed by atoms with van der Waals surface area (Å²) in [6.07, 6.45) is -4.50. The van der Waals surface area contributed by atoms with Gasteiger partial charge in [-0.1, -0.05) is 18.2 Å². The predicted molar refractivity (Wildman–Crippen MR) is 64.9 cm³/mol. The summed E-state index contributed by atoms with van der Waals surface area (Å²) in [6.45, 7) is 1.75. The first-order valence-corrected chi connectivity index (χ1v) is 5.45. The second kappa shape index (κ2) is 4.79. The van der Waals surface area contributed by atoms with Gasteiger partial charge in [0.05, 0.1) is 5.69 Å². The highest BCUT2D eigenvalue weighted by Gasteiger charge is 2.32. The zero-order chi connectivity index (χ0) is 14.0. The topological polar surface area (TPSA) is 48.1 Å². The number of nitrogens with zero attached hydrogens (tertiary/aromatic N) is 1. The van der Waals surface area contributed by atoms with Gasteiger partial charge in [0.15, 0.2) is 5.75 Å². The minimum absolute atomic E-state index is 0.143. The first-order valence-electron chi connectivity index (χ1n) is 5.45. The smallest absolute Gasteiger partial charge is 0.433 e.